The number of benzene rings is 2. The molecule has 1 aliphatic rings. The normalized spacial score (nSPS) is 19.9. The Hall–Kier alpha value is -1.67. The minimum Gasteiger partial charge on any atom is -0.373 e. The third-order valence-electron chi connectivity index (χ3n) is 4.68. The Morgan fingerprint density at radius 1 is 1.15 bits per heavy atom. The van der Waals surface area contributed by atoms with Crippen molar-refractivity contribution in [1.29, 1.82) is 0 Å². The van der Waals surface area contributed by atoms with Gasteiger partial charge in [0.15, 0.2) is 5.96 Å². The van der Waals surface area contributed by atoms with E-state index >= 15 is 0 Å². The molecule has 1 heterocycles. The van der Waals surface area contributed by atoms with Crippen LogP contribution < -0.4 is 10.6 Å². The third-order valence-corrected chi connectivity index (χ3v) is 4.68. The Balaban J connectivity index is 0.00000261. The lowest BCUT2D eigenvalue weighted by Crippen LogP contribution is -2.41. The quantitative estimate of drug-likeness (QED) is 0.379. The minimum atomic E-state index is -0.225. The summed E-state index contributed by atoms with van der Waals surface area (Å²) in [5.74, 6) is 0.878. The van der Waals surface area contributed by atoms with Crippen LogP contribution in [0.5, 0.6) is 0 Å². The first kappa shape index (κ1) is 21.6. The van der Waals surface area contributed by atoms with Crippen molar-refractivity contribution < 1.29 is 9.13 Å². The number of ether oxygens (including phenoxy) is 1. The van der Waals surface area contributed by atoms with Crippen LogP contribution in [0.15, 0.2) is 59.6 Å². The van der Waals surface area contributed by atoms with Crippen LogP contribution in [0.3, 0.4) is 0 Å². The molecular formula is C21H27FIN3O. The summed E-state index contributed by atoms with van der Waals surface area (Å²) in [4.78, 5) is 4.27. The average Bonchev–Trinajstić information content (AvgIpc) is 2.69. The third kappa shape index (κ3) is 6.46. The molecule has 2 unspecified atom stereocenters. The maximum absolute atomic E-state index is 13.3. The molecule has 1 saturated heterocycles. The van der Waals surface area contributed by atoms with Gasteiger partial charge in [-0.3, -0.25) is 4.99 Å². The number of nitrogens with one attached hydrogen (secondary N) is 2. The largest absolute Gasteiger partial charge is 0.373 e. The van der Waals surface area contributed by atoms with Gasteiger partial charge >= 0.3 is 0 Å². The predicted octanol–water partition coefficient (Wildman–Crippen LogP) is 4.28. The van der Waals surface area contributed by atoms with Gasteiger partial charge in [0.05, 0.1) is 6.10 Å². The summed E-state index contributed by atoms with van der Waals surface area (Å²) in [6.45, 7) is 2.12. The van der Waals surface area contributed by atoms with Gasteiger partial charge in [-0.05, 0) is 36.1 Å². The molecule has 1 aliphatic heterocycles. The summed E-state index contributed by atoms with van der Waals surface area (Å²) in [5, 5.41) is 6.63. The van der Waals surface area contributed by atoms with Crippen molar-refractivity contribution in [3.63, 3.8) is 0 Å². The number of halogens is 2. The number of rotatable bonds is 5. The Morgan fingerprint density at radius 3 is 2.70 bits per heavy atom. The van der Waals surface area contributed by atoms with Crippen molar-refractivity contribution in [3.8, 4) is 0 Å². The highest BCUT2D eigenvalue weighted by atomic mass is 127. The Morgan fingerprint density at radius 2 is 1.96 bits per heavy atom. The zero-order chi connectivity index (χ0) is 18.2. The Labute approximate surface area is 177 Å². The SMILES string of the molecule is CN=C(NCc1cccc(F)c1)NCC1CCCOC1c1ccccc1.I. The van der Waals surface area contributed by atoms with Gasteiger partial charge in [-0.15, -0.1) is 24.0 Å². The minimum absolute atomic E-state index is 0. The van der Waals surface area contributed by atoms with E-state index in [1.807, 2.05) is 12.1 Å². The lowest BCUT2D eigenvalue weighted by atomic mass is 9.89. The first-order chi connectivity index (χ1) is 12.8. The zero-order valence-electron chi connectivity index (χ0n) is 15.5. The molecule has 1 fully saturated rings. The lowest BCUT2D eigenvalue weighted by Gasteiger charge is -2.32. The van der Waals surface area contributed by atoms with Crippen molar-refractivity contribution in [2.24, 2.45) is 10.9 Å². The van der Waals surface area contributed by atoms with Crippen LogP contribution in [0.25, 0.3) is 0 Å². The molecule has 3 rings (SSSR count). The van der Waals surface area contributed by atoms with Crippen LogP contribution in [-0.2, 0) is 11.3 Å². The standard InChI is InChI=1S/C21H26FN3O.HI/c1-23-21(24-14-16-7-5-11-19(22)13-16)25-15-18-10-6-12-26-20(18)17-8-3-2-4-9-17;/h2-5,7-9,11,13,18,20H,6,10,12,14-15H2,1H3,(H2,23,24,25);1H. The van der Waals surface area contributed by atoms with Gasteiger partial charge < -0.3 is 15.4 Å². The fourth-order valence-electron chi connectivity index (χ4n) is 3.34. The topological polar surface area (TPSA) is 45.7 Å². The molecule has 0 radical (unpaired) electrons. The van der Waals surface area contributed by atoms with E-state index in [1.165, 1.54) is 17.7 Å². The zero-order valence-corrected chi connectivity index (χ0v) is 17.9. The van der Waals surface area contributed by atoms with Crippen LogP contribution in [0, 0.1) is 11.7 Å². The fourth-order valence-corrected chi connectivity index (χ4v) is 3.34. The van der Waals surface area contributed by atoms with Crippen LogP contribution in [0.4, 0.5) is 4.39 Å². The van der Waals surface area contributed by atoms with E-state index in [0.717, 1.165) is 31.6 Å². The fraction of sp³-hybridized carbons (Fsp3) is 0.381. The van der Waals surface area contributed by atoms with Crippen LogP contribution in [0.1, 0.15) is 30.1 Å². The summed E-state index contributed by atoms with van der Waals surface area (Å²) in [6.07, 6.45) is 2.30. The summed E-state index contributed by atoms with van der Waals surface area (Å²) >= 11 is 0. The van der Waals surface area contributed by atoms with Gasteiger partial charge in [-0.2, -0.15) is 0 Å². The molecule has 0 aliphatic carbocycles. The molecule has 2 aromatic rings. The van der Waals surface area contributed by atoms with E-state index in [4.69, 9.17) is 4.74 Å². The molecule has 6 heteroatoms. The van der Waals surface area contributed by atoms with Crippen molar-refractivity contribution in [3.05, 3.63) is 71.5 Å². The first-order valence-corrected chi connectivity index (χ1v) is 9.12. The molecule has 27 heavy (non-hydrogen) atoms. The van der Waals surface area contributed by atoms with Crippen molar-refractivity contribution in [2.75, 3.05) is 20.2 Å². The number of guanidine groups is 1. The molecule has 4 nitrogen and oxygen atoms in total. The molecule has 2 aromatic carbocycles. The van der Waals surface area contributed by atoms with Gasteiger partial charge in [0, 0.05) is 32.7 Å². The van der Waals surface area contributed by atoms with Crippen molar-refractivity contribution >= 4 is 29.9 Å². The number of hydrogen-bond acceptors (Lipinski definition) is 2. The second-order valence-electron chi connectivity index (χ2n) is 6.54. The molecule has 0 bridgehead atoms. The highest BCUT2D eigenvalue weighted by Gasteiger charge is 2.27. The van der Waals surface area contributed by atoms with Gasteiger partial charge in [0.1, 0.15) is 5.82 Å². The van der Waals surface area contributed by atoms with Gasteiger partial charge in [-0.1, -0.05) is 42.5 Å². The molecule has 2 atom stereocenters. The van der Waals surface area contributed by atoms with Crippen molar-refractivity contribution in [2.45, 2.75) is 25.5 Å². The van der Waals surface area contributed by atoms with Crippen LogP contribution in [0.2, 0.25) is 0 Å². The number of nitrogens with zero attached hydrogens (tertiary/aromatic N) is 1. The summed E-state index contributed by atoms with van der Waals surface area (Å²) < 4.78 is 19.3. The highest BCUT2D eigenvalue weighted by Crippen LogP contribution is 2.32. The van der Waals surface area contributed by atoms with Gasteiger partial charge in [-0.25, -0.2) is 4.39 Å². The molecule has 0 spiro atoms. The molecule has 146 valence electrons. The van der Waals surface area contributed by atoms with E-state index in [2.05, 4.69) is 39.9 Å². The molecule has 0 saturated carbocycles. The summed E-state index contributed by atoms with van der Waals surface area (Å²) in [7, 11) is 1.74. The predicted molar refractivity (Wildman–Crippen MR) is 118 cm³/mol. The number of hydrogen-bond donors (Lipinski definition) is 2. The first-order valence-electron chi connectivity index (χ1n) is 9.12. The smallest absolute Gasteiger partial charge is 0.191 e. The summed E-state index contributed by atoms with van der Waals surface area (Å²) in [5.41, 5.74) is 2.11. The van der Waals surface area contributed by atoms with Crippen LogP contribution >= 0.6 is 24.0 Å². The molecule has 0 amide bonds. The highest BCUT2D eigenvalue weighted by molar-refractivity contribution is 14.0. The molecule has 0 aromatic heterocycles. The monoisotopic (exact) mass is 483 g/mol. The van der Waals surface area contributed by atoms with E-state index < -0.39 is 0 Å². The molecular weight excluding hydrogens is 456 g/mol. The summed E-state index contributed by atoms with van der Waals surface area (Å²) in [6, 6.07) is 17.0. The maximum Gasteiger partial charge on any atom is 0.191 e. The van der Waals surface area contributed by atoms with Crippen molar-refractivity contribution in [1.82, 2.24) is 10.6 Å². The maximum atomic E-state index is 13.3. The Bertz CT molecular complexity index is 726. The van der Waals surface area contributed by atoms with Crippen LogP contribution in [-0.4, -0.2) is 26.2 Å². The van der Waals surface area contributed by atoms with Gasteiger partial charge in [0.2, 0.25) is 0 Å². The van der Waals surface area contributed by atoms with E-state index in [1.54, 1.807) is 13.1 Å². The lowest BCUT2D eigenvalue weighted by molar-refractivity contribution is -0.0265. The average molecular weight is 483 g/mol. The van der Waals surface area contributed by atoms with E-state index in [0.29, 0.717) is 18.4 Å². The second kappa shape index (κ2) is 11.2. The number of aliphatic imine (C=N–C) groups is 1. The van der Waals surface area contributed by atoms with E-state index in [-0.39, 0.29) is 35.9 Å². The van der Waals surface area contributed by atoms with Gasteiger partial charge in [0.25, 0.3) is 0 Å². The van der Waals surface area contributed by atoms with E-state index in [9.17, 15) is 4.39 Å². The second-order valence-corrected chi connectivity index (χ2v) is 6.54. The molecule has 2 N–H and O–H groups in total. The Kier molecular flexibility index (Phi) is 9.00.